The van der Waals surface area contributed by atoms with E-state index < -0.39 is 0 Å². The van der Waals surface area contributed by atoms with E-state index in [0.29, 0.717) is 5.92 Å². The van der Waals surface area contributed by atoms with E-state index in [1.165, 1.54) is 18.2 Å². The van der Waals surface area contributed by atoms with Gasteiger partial charge in [-0.1, -0.05) is 35.9 Å². The Labute approximate surface area is 176 Å². The van der Waals surface area contributed by atoms with Crippen LogP contribution in [0, 0.1) is 0 Å². The molecule has 5 nitrogen and oxygen atoms in total. The number of H-pyrrole nitrogens is 1. The second-order valence-electron chi connectivity index (χ2n) is 7.66. The summed E-state index contributed by atoms with van der Waals surface area (Å²) in [5, 5.41) is 11.1. The minimum absolute atomic E-state index is 0.0485. The van der Waals surface area contributed by atoms with Crippen LogP contribution >= 0.6 is 11.6 Å². The maximum absolute atomic E-state index is 11.2. The van der Waals surface area contributed by atoms with Crippen LogP contribution in [-0.2, 0) is 11.3 Å². The smallest absolute Gasteiger partial charge is 0.221 e. The molecule has 0 unspecified atom stereocenters. The van der Waals surface area contributed by atoms with E-state index in [1.54, 1.807) is 0 Å². The number of rotatable bonds is 5. The first-order valence-electron chi connectivity index (χ1n) is 9.96. The number of halogens is 1. The molecule has 2 N–H and O–H groups in total. The Morgan fingerprint density at radius 1 is 1.21 bits per heavy atom. The minimum Gasteiger partial charge on any atom is -0.326 e. The van der Waals surface area contributed by atoms with E-state index in [-0.39, 0.29) is 5.91 Å². The van der Waals surface area contributed by atoms with Gasteiger partial charge in [0.05, 0.1) is 6.20 Å². The van der Waals surface area contributed by atoms with Gasteiger partial charge in [-0.25, -0.2) is 0 Å². The van der Waals surface area contributed by atoms with Crippen molar-refractivity contribution in [2.45, 2.75) is 32.2 Å². The molecule has 1 aliphatic heterocycles. The average Bonchev–Trinajstić information content (AvgIpc) is 3.20. The number of carbonyl (C=O) groups excluding carboxylic acids is 1. The van der Waals surface area contributed by atoms with Crippen molar-refractivity contribution in [3.8, 4) is 11.1 Å². The number of aromatic nitrogens is 2. The summed E-state index contributed by atoms with van der Waals surface area (Å²) in [5.41, 5.74) is 5.60. The predicted molar refractivity (Wildman–Crippen MR) is 117 cm³/mol. The molecule has 4 rings (SSSR count). The summed E-state index contributed by atoms with van der Waals surface area (Å²) in [7, 11) is 0. The number of anilines is 1. The van der Waals surface area contributed by atoms with Crippen LogP contribution in [0.25, 0.3) is 11.1 Å². The number of nitrogens with one attached hydrogen (secondary N) is 2. The molecule has 0 radical (unpaired) electrons. The lowest BCUT2D eigenvalue weighted by molar-refractivity contribution is -0.114. The molecule has 0 aliphatic carbocycles. The SMILES string of the molecule is CC(=O)Nc1ccc(CN2CCC[C@H](c3[nH]ncc3-c3ccc(Cl)cc3)C2)cc1. The van der Waals surface area contributed by atoms with Gasteiger partial charge >= 0.3 is 0 Å². The summed E-state index contributed by atoms with van der Waals surface area (Å²) < 4.78 is 0. The Balaban J connectivity index is 1.45. The summed E-state index contributed by atoms with van der Waals surface area (Å²) in [5.74, 6) is 0.378. The van der Waals surface area contributed by atoms with Crippen molar-refractivity contribution in [3.05, 3.63) is 71.0 Å². The van der Waals surface area contributed by atoms with E-state index in [9.17, 15) is 4.79 Å². The molecule has 0 bridgehead atoms. The van der Waals surface area contributed by atoms with Crippen LogP contribution in [0.4, 0.5) is 5.69 Å². The van der Waals surface area contributed by atoms with Crippen molar-refractivity contribution in [2.24, 2.45) is 0 Å². The maximum atomic E-state index is 11.2. The van der Waals surface area contributed by atoms with Gasteiger partial charge in [0, 0.05) is 47.9 Å². The average molecular weight is 409 g/mol. The third-order valence-corrected chi connectivity index (χ3v) is 5.67. The fourth-order valence-corrected chi connectivity index (χ4v) is 4.18. The van der Waals surface area contributed by atoms with Crippen LogP contribution in [0.3, 0.4) is 0 Å². The van der Waals surface area contributed by atoms with Gasteiger partial charge in [-0.05, 0) is 54.8 Å². The number of hydrogen-bond donors (Lipinski definition) is 2. The number of hydrogen-bond acceptors (Lipinski definition) is 3. The molecule has 2 heterocycles. The normalized spacial score (nSPS) is 17.2. The molecular weight excluding hydrogens is 384 g/mol. The fourth-order valence-electron chi connectivity index (χ4n) is 4.06. The van der Waals surface area contributed by atoms with Crippen molar-refractivity contribution in [1.29, 1.82) is 0 Å². The molecule has 1 fully saturated rings. The highest BCUT2D eigenvalue weighted by Crippen LogP contribution is 2.33. The van der Waals surface area contributed by atoms with Crippen LogP contribution in [0.2, 0.25) is 5.02 Å². The Kier molecular flexibility index (Phi) is 5.97. The highest BCUT2D eigenvalue weighted by atomic mass is 35.5. The first kappa shape index (κ1) is 19.7. The summed E-state index contributed by atoms with van der Waals surface area (Å²) in [4.78, 5) is 13.7. The second-order valence-corrected chi connectivity index (χ2v) is 8.09. The van der Waals surface area contributed by atoms with Gasteiger partial charge in [-0.2, -0.15) is 5.10 Å². The summed E-state index contributed by atoms with van der Waals surface area (Å²) in [6.07, 6.45) is 4.23. The molecule has 6 heteroatoms. The number of likely N-dealkylation sites (tertiary alicyclic amines) is 1. The molecular formula is C23H25ClN4O. The quantitative estimate of drug-likeness (QED) is 0.619. The van der Waals surface area contributed by atoms with Crippen LogP contribution < -0.4 is 5.32 Å². The third kappa shape index (κ3) is 4.86. The molecule has 150 valence electrons. The molecule has 1 amide bonds. The predicted octanol–water partition coefficient (Wildman–Crippen LogP) is 5.07. The molecule has 1 aromatic heterocycles. The number of piperidine rings is 1. The number of aromatic amines is 1. The number of benzene rings is 2. The van der Waals surface area contributed by atoms with Crippen molar-refractivity contribution >= 4 is 23.2 Å². The summed E-state index contributed by atoms with van der Waals surface area (Å²) in [6.45, 7) is 4.52. The second kappa shape index (κ2) is 8.80. The van der Waals surface area contributed by atoms with Crippen LogP contribution in [-0.4, -0.2) is 34.1 Å². The number of amides is 1. The monoisotopic (exact) mass is 408 g/mol. The van der Waals surface area contributed by atoms with E-state index in [1.807, 2.05) is 42.6 Å². The molecule has 0 saturated carbocycles. The molecule has 3 aromatic rings. The van der Waals surface area contributed by atoms with Crippen molar-refractivity contribution in [2.75, 3.05) is 18.4 Å². The van der Waals surface area contributed by atoms with Gasteiger partial charge in [0.15, 0.2) is 0 Å². The zero-order valence-electron chi connectivity index (χ0n) is 16.5. The lowest BCUT2D eigenvalue weighted by Crippen LogP contribution is -2.34. The Morgan fingerprint density at radius 2 is 1.97 bits per heavy atom. The van der Waals surface area contributed by atoms with E-state index in [4.69, 9.17) is 11.6 Å². The minimum atomic E-state index is -0.0485. The molecule has 1 aliphatic rings. The van der Waals surface area contributed by atoms with Crippen LogP contribution in [0.1, 0.15) is 36.9 Å². The molecule has 1 atom stereocenters. The third-order valence-electron chi connectivity index (χ3n) is 5.42. The van der Waals surface area contributed by atoms with Gasteiger partial charge in [0.1, 0.15) is 0 Å². The first-order valence-corrected chi connectivity index (χ1v) is 10.3. The number of nitrogens with zero attached hydrogens (tertiary/aromatic N) is 2. The molecule has 0 spiro atoms. The topological polar surface area (TPSA) is 61.0 Å². The standard InChI is InChI=1S/C23H25ClN4O/c1-16(29)26-21-10-4-17(5-11-21)14-28-12-2-3-19(15-28)23-22(13-25-27-23)18-6-8-20(24)9-7-18/h4-11,13,19H,2-3,12,14-15H2,1H3,(H,25,27)(H,26,29)/t19-/m0/s1. The first-order chi connectivity index (χ1) is 14.1. The Hall–Kier alpha value is -2.63. The van der Waals surface area contributed by atoms with Crippen LogP contribution in [0.15, 0.2) is 54.7 Å². The Bertz CT molecular complexity index is 965. The number of carbonyl (C=O) groups is 1. The summed E-state index contributed by atoms with van der Waals surface area (Å²) in [6, 6.07) is 16.0. The van der Waals surface area contributed by atoms with Crippen molar-refractivity contribution in [1.82, 2.24) is 15.1 Å². The van der Waals surface area contributed by atoms with Gasteiger partial charge < -0.3 is 5.32 Å². The van der Waals surface area contributed by atoms with Gasteiger partial charge in [-0.3, -0.25) is 14.8 Å². The highest BCUT2D eigenvalue weighted by molar-refractivity contribution is 6.30. The van der Waals surface area contributed by atoms with E-state index in [0.717, 1.165) is 54.3 Å². The Morgan fingerprint density at radius 3 is 2.69 bits per heavy atom. The van der Waals surface area contributed by atoms with Gasteiger partial charge in [0.25, 0.3) is 0 Å². The van der Waals surface area contributed by atoms with E-state index >= 15 is 0 Å². The van der Waals surface area contributed by atoms with Crippen molar-refractivity contribution in [3.63, 3.8) is 0 Å². The molecule has 29 heavy (non-hydrogen) atoms. The van der Waals surface area contributed by atoms with E-state index in [2.05, 4.69) is 32.5 Å². The van der Waals surface area contributed by atoms with Gasteiger partial charge in [-0.15, -0.1) is 0 Å². The molecule has 1 saturated heterocycles. The van der Waals surface area contributed by atoms with Crippen LogP contribution in [0.5, 0.6) is 0 Å². The van der Waals surface area contributed by atoms with Gasteiger partial charge in [0.2, 0.25) is 5.91 Å². The van der Waals surface area contributed by atoms with Crippen molar-refractivity contribution < 1.29 is 4.79 Å². The largest absolute Gasteiger partial charge is 0.326 e. The molecule has 2 aromatic carbocycles. The lowest BCUT2D eigenvalue weighted by Gasteiger charge is -2.32. The fraction of sp³-hybridized carbons (Fsp3) is 0.304. The lowest BCUT2D eigenvalue weighted by atomic mass is 9.90. The zero-order chi connectivity index (χ0) is 20.2. The highest BCUT2D eigenvalue weighted by Gasteiger charge is 2.25. The summed E-state index contributed by atoms with van der Waals surface area (Å²) >= 11 is 6.04. The maximum Gasteiger partial charge on any atom is 0.221 e. The zero-order valence-corrected chi connectivity index (χ0v) is 17.2.